The normalized spacial score (nSPS) is 19.6. The number of carbonyl (C=O) groups is 2. The molecule has 0 radical (unpaired) electrons. The van der Waals surface area contributed by atoms with Crippen molar-refractivity contribution < 1.29 is 49.3 Å². The monoisotopic (exact) mass is 1080 g/mol. The number of hydrogen-bond acceptors (Lipinski definition) is 10. The number of allylic oxidation sites excluding steroid dienone is 13. The third-order valence-electron chi connectivity index (χ3n) is 14.3. The molecule has 1 fully saturated rings. The summed E-state index contributed by atoms with van der Waals surface area (Å²) in [7, 11) is 0. The number of unbranched alkanes of at least 4 members (excludes halogenated alkanes) is 26. The van der Waals surface area contributed by atoms with E-state index in [2.05, 4.69) is 99.0 Å². The zero-order chi connectivity index (χ0) is 56.1. The van der Waals surface area contributed by atoms with Crippen LogP contribution in [0.3, 0.4) is 0 Å². The van der Waals surface area contributed by atoms with Crippen molar-refractivity contribution in [1.29, 1.82) is 0 Å². The minimum Gasteiger partial charge on any atom is -0.454 e. The second-order valence-electron chi connectivity index (χ2n) is 21.4. The first-order valence-electron chi connectivity index (χ1n) is 31.4. The fraction of sp³-hybridized carbons (Fsp3) is 0.758. The average Bonchev–Trinajstić information content (AvgIpc) is 3.43. The standard InChI is InChI=1S/C66H115NO10/c1-4-7-10-13-16-19-22-24-26-28-29-30-32-33-35-38-41-44-47-50-53-59(70)65(74)67-57(58(69)52-49-46-43-40-37-21-18-15-12-9-6-3)56-75-66-64(63(73)62(72)60(55-68)76-66)77-61(71)54-51-48-45-42-39-36-34-31-27-25-23-20-17-14-11-8-5-2/h7,10,16,19,24-27,29-30,33,35,49,52,57-60,62-64,66,68-70,72-73H,4-6,8-9,11-15,17-18,20-23,28,31-32,34,36-48,50-51,53-56H2,1-3H3,(H,67,74)/b10-7-,19-16-,26-24-,27-25+,30-29-,35-33-,52-49+. The molecule has 444 valence electrons. The quantitative estimate of drug-likeness (QED) is 0.0195. The zero-order valence-corrected chi connectivity index (χ0v) is 49.1. The van der Waals surface area contributed by atoms with Crippen molar-refractivity contribution in [3.05, 3.63) is 85.1 Å². The minimum atomic E-state index is -1.62. The lowest BCUT2D eigenvalue weighted by molar-refractivity contribution is -0.305. The predicted molar refractivity (Wildman–Crippen MR) is 319 cm³/mol. The first-order chi connectivity index (χ1) is 37.7. The molecular weight excluding hydrogens is 967 g/mol. The predicted octanol–water partition coefficient (Wildman–Crippen LogP) is 14.9. The van der Waals surface area contributed by atoms with E-state index in [0.717, 1.165) is 116 Å². The van der Waals surface area contributed by atoms with E-state index in [1.54, 1.807) is 6.08 Å². The van der Waals surface area contributed by atoms with E-state index >= 15 is 0 Å². The van der Waals surface area contributed by atoms with Gasteiger partial charge in [0.15, 0.2) is 12.4 Å². The molecule has 1 heterocycles. The molecule has 0 aromatic rings. The van der Waals surface area contributed by atoms with Gasteiger partial charge in [-0.25, -0.2) is 0 Å². The maximum atomic E-state index is 13.4. The lowest BCUT2D eigenvalue weighted by atomic mass is 9.99. The van der Waals surface area contributed by atoms with Gasteiger partial charge in [-0.3, -0.25) is 9.59 Å². The van der Waals surface area contributed by atoms with Crippen LogP contribution in [0.15, 0.2) is 85.1 Å². The van der Waals surface area contributed by atoms with Crippen molar-refractivity contribution in [2.75, 3.05) is 13.2 Å². The summed E-state index contributed by atoms with van der Waals surface area (Å²) in [4.78, 5) is 26.5. The molecule has 11 heteroatoms. The van der Waals surface area contributed by atoms with Crippen LogP contribution in [0, 0.1) is 0 Å². The molecule has 0 spiro atoms. The first-order valence-corrected chi connectivity index (χ1v) is 31.4. The van der Waals surface area contributed by atoms with Crippen LogP contribution in [0.1, 0.15) is 258 Å². The van der Waals surface area contributed by atoms with E-state index in [4.69, 9.17) is 14.2 Å². The van der Waals surface area contributed by atoms with E-state index in [9.17, 15) is 35.1 Å². The molecule has 1 saturated heterocycles. The molecule has 1 amide bonds. The Kier molecular flexibility index (Phi) is 49.9. The topological polar surface area (TPSA) is 175 Å². The van der Waals surface area contributed by atoms with Crippen LogP contribution in [-0.2, 0) is 23.8 Å². The molecule has 1 rings (SSSR count). The summed E-state index contributed by atoms with van der Waals surface area (Å²) in [5, 5.41) is 57.0. The number of hydrogen-bond donors (Lipinski definition) is 6. The molecule has 11 nitrogen and oxygen atoms in total. The molecule has 0 aromatic heterocycles. The molecule has 8 atom stereocenters. The van der Waals surface area contributed by atoms with Gasteiger partial charge in [-0.1, -0.05) is 241 Å². The molecule has 8 unspecified atom stereocenters. The summed E-state index contributed by atoms with van der Waals surface area (Å²) in [6, 6.07) is -1.04. The second kappa shape index (κ2) is 53.5. The fourth-order valence-corrected chi connectivity index (χ4v) is 9.32. The van der Waals surface area contributed by atoms with Crippen molar-refractivity contribution in [2.24, 2.45) is 0 Å². The van der Waals surface area contributed by atoms with E-state index in [1.807, 2.05) is 6.08 Å². The van der Waals surface area contributed by atoms with Gasteiger partial charge in [-0.2, -0.15) is 0 Å². The first kappa shape index (κ1) is 71.9. The summed E-state index contributed by atoms with van der Waals surface area (Å²) < 4.78 is 17.6. The largest absolute Gasteiger partial charge is 0.454 e. The highest BCUT2D eigenvalue weighted by Crippen LogP contribution is 2.26. The summed E-state index contributed by atoms with van der Waals surface area (Å²) in [5.74, 6) is -1.22. The maximum Gasteiger partial charge on any atom is 0.306 e. The number of nitrogens with one attached hydrogen (secondary N) is 1. The number of aliphatic hydroxyl groups is 5. The third kappa shape index (κ3) is 41.5. The number of aliphatic hydroxyl groups excluding tert-OH is 5. The van der Waals surface area contributed by atoms with Crippen molar-refractivity contribution in [1.82, 2.24) is 5.32 Å². The number of ether oxygens (including phenoxy) is 3. The van der Waals surface area contributed by atoms with E-state index in [0.29, 0.717) is 12.8 Å². The van der Waals surface area contributed by atoms with Crippen molar-refractivity contribution in [3.63, 3.8) is 0 Å². The van der Waals surface area contributed by atoms with Gasteiger partial charge in [0.05, 0.1) is 25.4 Å². The molecule has 77 heavy (non-hydrogen) atoms. The average molecular weight is 1080 g/mol. The Morgan fingerprint density at radius 1 is 0.519 bits per heavy atom. The maximum absolute atomic E-state index is 13.4. The number of esters is 1. The van der Waals surface area contributed by atoms with E-state index in [1.165, 1.54) is 96.3 Å². The van der Waals surface area contributed by atoms with Crippen LogP contribution in [-0.4, -0.2) is 99.6 Å². The Morgan fingerprint density at radius 3 is 1.42 bits per heavy atom. The highest BCUT2D eigenvalue weighted by atomic mass is 16.7. The Balaban J connectivity index is 2.68. The van der Waals surface area contributed by atoms with Gasteiger partial charge >= 0.3 is 5.97 Å². The van der Waals surface area contributed by atoms with Crippen molar-refractivity contribution in [3.8, 4) is 0 Å². The summed E-state index contributed by atoms with van der Waals surface area (Å²) in [5.41, 5.74) is 0. The van der Waals surface area contributed by atoms with Gasteiger partial charge < -0.3 is 45.1 Å². The van der Waals surface area contributed by atoms with E-state index < -0.39 is 67.4 Å². The van der Waals surface area contributed by atoms with Crippen molar-refractivity contribution in [2.45, 2.75) is 307 Å². The lowest BCUT2D eigenvalue weighted by Gasteiger charge is -2.41. The van der Waals surface area contributed by atoms with Crippen LogP contribution < -0.4 is 5.32 Å². The van der Waals surface area contributed by atoms with Gasteiger partial charge in [-0.15, -0.1) is 0 Å². The van der Waals surface area contributed by atoms with Gasteiger partial charge in [0, 0.05) is 6.42 Å². The molecule has 1 aliphatic rings. The Labute approximate surface area is 470 Å². The van der Waals surface area contributed by atoms with Gasteiger partial charge in [0.25, 0.3) is 0 Å². The van der Waals surface area contributed by atoms with Crippen LogP contribution in [0.5, 0.6) is 0 Å². The minimum absolute atomic E-state index is 0.113. The molecule has 0 bridgehead atoms. The zero-order valence-electron chi connectivity index (χ0n) is 49.1. The highest BCUT2D eigenvalue weighted by Gasteiger charge is 2.47. The van der Waals surface area contributed by atoms with Crippen molar-refractivity contribution >= 4 is 11.9 Å². The molecule has 0 aromatic carbocycles. The van der Waals surface area contributed by atoms with Gasteiger partial charge in [0.1, 0.15) is 24.4 Å². The molecule has 0 saturated carbocycles. The smallest absolute Gasteiger partial charge is 0.306 e. The van der Waals surface area contributed by atoms with Crippen LogP contribution in [0.2, 0.25) is 0 Å². The van der Waals surface area contributed by atoms with Gasteiger partial charge in [-0.05, 0) is 96.3 Å². The molecular formula is C66H115NO10. The number of rotatable bonds is 52. The molecule has 0 aliphatic carbocycles. The number of amides is 1. The highest BCUT2D eigenvalue weighted by molar-refractivity contribution is 5.80. The van der Waals surface area contributed by atoms with E-state index in [-0.39, 0.29) is 19.4 Å². The van der Waals surface area contributed by atoms with Crippen LogP contribution in [0.4, 0.5) is 0 Å². The summed E-state index contributed by atoms with van der Waals surface area (Å²) in [6.07, 6.45) is 59.0. The lowest BCUT2D eigenvalue weighted by Crippen LogP contribution is -2.61. The van der Waals surface area contributed by atoms with Crippen LogP contribution in [0.25, 0.3) is 0 Å². The Bertz CT molecular complexity index is 1570. The summed E-state index contributed by atoms with van der Waals surface area (Å²) in [6.45, 7) is 5.65. The Morgan fingerprint density at radius 2 is 0.935 bits per heavy atom. The SMILES string of the molecule is CC/C=C\C/C=C\C/C=C\C/C=C\C/C=C\CCCCCCC(O)C(=O)NC(COC1OC(CO)C(O)C(O)C1OC(=O)CCCCCCCCC/C=C/CCCCCCCC)C(O)/C=C/CCCCCCCCCCC. The fourth-order valence-electron chi connectivity index (χ4n) is 9.32. The summed E-state index contributed by atoms with van der Waals surface area (Å²) >= 11 is 0. The molecule has 6 N–H and O–H groups in total. The molecule has 1 aliphatic heterocycles. The third-order valence-corrected chi connectivity index (χ3v) is 14.3. The Hall–Kier alpha value is -3.16. The second-order valence-corrected chi connectivity index (χ2v) is 21.4. The van der Waals surface area contributed by atoms with Crippen LogP contribution >= 0.6 is 0 Å². The number of carbonyl (C=O) groups excluding carboxylic acids is 2. The van der Waals surface area contributed by atoms with Gasteiger partial charge in [0.2, 0.25) is 5.91 Å².